The number of halogens is 4. The summed E-state index contributed by atoms with van der Waals surface area (Å²) < 4.78 is 59.8. The average Bonchev–Trinajstić information content (AvgIpc) is 3.10. The number of hydrogen-bond donors (Lipinski definition) is 2. The molecule has 4 atom stereocenters. The van der Waals surface area contributed by atoms with E-state index < -0.39 is 48.6 Å². The minimum atomic E-state index is -3.75. The van der Waals surface area contributed by atoms with Crippen LogP contribution < -0.4 is 10.6 Å². The SMILES string of the molecule is CC1CC(NC(=O)Nc2ccc(Cl)cc2F)C(=O)N1C1=CC=C(c2ccccc2)C(F)(P(C)(C)=O)C1F. The molecule has 2 N–H and O–H groups in total. The Kier molecular flexibility index (Phi) is 7.32. The maximum Gasteiger partial charge on any atom is 0.319 e. The second kappa shape index (κ2) is 10.0. The van der Waals surface area contributed by atoms with Gasteiger partial charge in [0.25, 0.3) is 0 Å². The maximum atomic E-state index is 16.6. The van der Waals surface area contributed by atoms with E-state index in [9.17, 15) is 18.5 Å². The number of hydrogen-bond acceptors (Lipinski definition) is 3. The highest BCUT2D eigenvalue weighted by atomic mass is 35.5. The predicted molar refractivity (Wildman–Crippen MR) is 139 cm³/mol. The predicted octanol–water partition coefficient (Wildman–Crippen LogP) is 6.20. The number of carbonyl (C=O) groups excluding carboxylic acids is 2. The van der Waals surface area contributed by atoms with Crippen LogP contribution in [0.15, 0.2) is 66.4 Å². The highest BCUT2D eigenvalue weighted by Crippen LogP contribution is 2.64. The molecular weight excluding hydrogens is 526 g/mol. The van der Waals surface area contributed by atoms with E-state index in [1.807, 2.05) is 0 Å². The molecule has 0 saturated carbocycles. The second-order valence-corrected chi connectivity index (χ2v) is 13.3. The third-order valence-corrected chi connectivity index (χ3v) is 8.85. The molecule has 0 spiro atoms. The van der Waals surface area contributed by atoms with Gasteiger partial charge in [-0.2, -0.15) is 0 Å². The van der Waals surface area contributed by atoms with E-state index >= 15 is 8.78 Å². The van der Waals surface area contributed by atoms with Gasteiger partial charge in [0.2, 0.25) is 11.3 Å². The zero-order valence-corrected chi connectivity index (χ0v) is 22.0. The van der Waals surface area contributed by atoms with Crippen LogP contribution in [0.2, 0.25) is 5.02 Å². The van der Waals surface area contributed by atoms with Crippen LogP contribution in [0.3, 0.4) is 0 Å². The van der Waals surface area contributed by atoms with Crippen molar-refractivity contribution in [1.29, 1.82) is 0 Å². The van der Waals surface area contributed by atoms with Crippen molar-refractivity contribution in [2.45, 2.75) is 37.0 Å². The summed E-state index contributed by atoms with van der Waals surface area (Å²) in [6.45, 7) is 4.00. The standard InChI is InChI=1S/C26H26ClF3N3O3P/c1-15-13-21(32-25(35)31-20-11-9-17(27)14-19(20)28)24(34)33(15)22-12-10-18(16-7-5-4-6-8-16)26(30,23(22)29)37(2,3)36/h4-12,14-15,21,23H,13H2,1-3H3,(H2,31,32,35). The van der Waals surface area contributed by atoms with Crippen molar-refractivity contribution < 1.29 is 27.3 Å². The molecular formula is C26H26ClF3N3O3P. The van der Waals surface area contributed by atoms with E-state index in [0.29, 0.717) is 5.56 Å². The Balaban J connectivity index is 1.60. The quantitative estimate of drug-likeness (QED) is 0.435. The summed E-state index contributed by atoms with van der Waals surface area (Å²) in [5.41, 5.74) is -0.0788. The smallest absolute Gasteiger partial charge is 0.319 e. The molecule has 196 valence electrons. The lowest BCUT2D eigenvalue weighted by atomic mass is 9.91. The molecule has 1 heterocycles. The number of amides is 3. The molecule has 0 radical (unpaired) electrons. The third kappa shape index (κ3) is 4.94. The van der Waals surface area contributed by atoms with Crippen LogP contribution in [0.1, 0.15) is 18.9 Å². The normalized spacial score (nSPS) is 26.0. The Morgan fingerprint density at radius 3 is 2.46 bits per heavy atom. The number of nitrogens with zero attached hydrogens (tertiary/aromatic N) is 1. The average molecular weight is 552 g/mol. The number of nitrogens with one attached hydrogen (secondary N) is 2. The van der Waals surface area contributed by atoms with Crippen LogP contribution in [0, 0.1) is 5.82 Å². The topological polar surface area (TPSA) is 78.5 Å². The van der Waals surface area contributed by atoms with Gasteiger partial charge in [0.1, 0.15) is 19.0 Å². The number of allylic oxidation sites excluding steroid dienone is 4. The minimum absolute atomic E-state index is 0.0592. The molecule has 1 saturated heterocycles. The molecule has 0 bridgehead atoms. The van der Waals surface area contributed by atoms with Crippen LogP contribution in [0.5, 0.6) is 0 Å². The first kappa shape index (κ1) is 27.0. The van der Waals surface area contributed by atoms with Gasteiger partial charge in [-0.25, -0.2) is 18.0 Å². The number of likely N-dealkylation sites (tertiary alicyclic amines) is 1. The summed E-state index contributed by atoms with van der Waals surface area (Å²) in [6.07, 6.45) is 0.386. The van der Waals surface area contributed by atoms with E-state index in [1.165, 1.54) is 37.6 Å². The fourth-order valence-electron chi connectivity index (χ4n) is 4.73. The van der Waals surface area contributed by atoms with Crippen molar-refractivity contribution in [1.82, 2.24) is 10.2 Å². The maximum absolute atomic E-state index is 16.6. The van der Waals surface area contributed by atoms with E-state index in [0.717, 1.165) is 11.0 Å². The highest BCUT2D eigenvalue weighted by molar-refractivity contribution is 7.64. The molecule has 11 heteroatoms. The molecule has 0 aromatic heterocycles. The van der Waals surface area contributed by atoms with E-state index in [4.69, 9.17) is 11.6 Å². The summed E-state index contributed by atoms with van der Waals surface area (Å²) in [5.74, 6) is -1.42. The summed E-state index contributed by atoms with van der Waals surface area (Å²) >= 11 is 5.72. The van der Waals surface area contributed by atoms with Crippen LogP contribution in [-0.4, -0.2) is 53.8 Å². The van der Waals surface area contributed by atoms with E-state index in [-0.39, 0.29) is 28.4 Å². The molecule has 6 nitrogen and oxygen atoms in total. The van der Waals surface area contributed by atoms with Crippen LogP contribution in [0.4, 0.5) is 23.7 Å². The first-order chi connectivity index (χ1) is 17.3. The molecule has 2 aromatic rings. The molecule has 1 aliphatic heterocycles. The molecule has 2 aromatic carbocycles. The number of anilines is 1. The third-order valence-electron chi connectivity index (χ3n) is 6.58. The molecule has 2 aliphatic rings. The lowest BCUT2D eigenvalue weighted by molar-refractivity contribution is -0.129. The zero-order chi connectivity index (χ0) is 27.1. The van der Waals surface area contributed by atoms with Gasteiger partial charge in [-0.15, -0.1) is 0 Å². The molecule has 37 heavy (non-hydrogen) atoms. The molecule has 1 aliphatic carbocycles. The van der Waals surface area contributed by atoms with Crippen molar-refractivity contribution in [2.75, 3.05) is 18.6 Å². The van der Waals surface area contributed by atoms with Gasteiger partial charge in [-0.3, -0.25) is 4.79 Å². The van der Waals surface area contributed by atoms with Gasteiger partial charge in [0, 0.05) is 16.6 Å². The van der Waals surface area contributed by atoms with Crippen molar-refractivity contribution in [3.63, 3.8) is 0 Å². The van der Waals surface area contributed by atoms with E-state index in [2.05, 4.69) is 10.6 Å². The van der Waals surface area contributed by atoms with Crippen molar-refractivity contribution in [3.05, 3.63) is 82.8 Å². The summed E-state index contributed by atoms with van der Waals surface area (Å²) in [7, 11) is -3.75. The van der Waals surface area contributed by atoms with Gasteiger partial charge in [0.05, 0.1) is 11.4 Å². The second-order valence-electron chi connectivity index (χ2n) is 9.49. The van der Waals surface area contributed by atoms with Gasteiger partial charge in [0.15, 0.2) is 6.17 Å². The van der Waals surface area contributed by atoms with Gasteiger partial charge < -0.3 is 20.1 Å². The minimum Gasteiger partial charge on any atom is -0.326 e. The van der Waals surface area contributed by atoms with Crippen molar-refractivity contribution in [3.8, 4) is 0 Å². The molecule has 4 rings (SSSR count). The zero-order valence-electron chi connectivity index (χ0n) is 20.3. The van der Waals surface area contributed by atoms with Gasteiger partial charge in [-0.1, -0.05) is 48.0 Å². The Morgan fingerprint density at radius 1 is 1.16 bits per heavy atom. The lowest BCUT2D eigenvalue weighted by Gasteiger charge is -2.40. The van der Waals surface area contributed by atoms with Crippen LogP contribution in [-0.2, 0) is 9.36 Å². The van der Waals surface area contributed by atoms with Crippen LogP contribution >= 0.6 is 18.7 Å². The Bertz CT molecular complexity index is 1350. The number of benzene rings is 2. The van der Waals surface area contributed by atoms with Crippen molar-refractivity contribution in [2.24, 2.45) is 0 Å². The largest absolute Gasteiger partial charge is 0.326 e. The molecule has 4 unspecified atom stereocenters. The van der Waals surface area contributed by atoms with Crippen LogP contribution in [0.25, 0.3) is 5.57 Å². The fourth-order valence-corrected chi connectivity index (χ4v) is 6.35. The summed E-state index contributed by atoms with van der Waals surface area (Å²) in [6, 6.07) is 9.45. The van der Waals surface area contributed by atoms with Gasteiger partial charge >= 0.3 is 6.03 Å². The highest BCUT2D eigenvalue weighted by Gasteiger charge is 2.58. The Morgan fingerprint density at radius 2 is 1.84 bits per heavy atom. The summed E-state index contributed by atoms with van der Waals surface area (Å²) in [5, 5.41) is 2.06. The van der Waals surface area contributed by atoms with E-state index in [1.54, 1.807) is 37.3 Å². The Hall–Kier alpha value is -3.03. The molecule has 1 fully saturated rings. The number of alkyl halides is 2. The number of urea groups is 1. The lowest BCUT2D eigenvalue weighted by Crippen LogP contribution is -2.48. The summed E-state index contributed by atoms with van der Waals surface area (Å²) in [4.78, 5) is 26.8. The first-order valence-corrected chi connectivity index (χ1v) is 14.5. The molecule has 3 amide bonds. The fraction of sp³-hybridized carbons (Fsp3) is 0.308. The number of rotatable bonds is 5. The number of carbonyl (C=O) groups is 2. The van der Waals surface area contributed by atoms with Crippen molar-refractivity contribution >= 4 is 41.9 Å². The Labute approximate surface area is 217 Å². The monoisotopic (exact) mass is 551 g/mol. The first-order valence-electron chi connectivity index (χ1n) is 11.6. The van der Waals surface area contributed by atoms with Gasteiger partial charge in [-0.05, 0) is 56.5 Å².